The molecule has 0 unspecified atom stereocenters. The van der Waals surface area contributed by atoms with Gasteiger partial charge in [0.15, 0.2) is 0 Å². The third-order valence-electron chi connectivity index (χ3n) is 1.87. The Morgan fingerprint density at radius 1 is 1.42 bits per heavy atom. The fourth-order valence-corrected chi connectivity index (χ4v) is 0.799. The van der Waals surface area contributed by atoms with Gasteiger partial charge in [-0.15, -0.1) is 0 Å². The van der Waals surface area contributed by atoms with Crippen LogP contribution in [-0.2, 0) is 10.2 Å². The summed E-state index contributed by atoms with van der Waals surface area (Å²) in [5.74, 6) is 1.27. The van der Waals surface area contributed by atoms with Crippen molar-refractivity contribution in [3.05, 3.63) is 17.3 Å². The maximum atomic E-state index is 10.6. The van der Waals surface area contributed by atoms with Crippen molar-refractivity contribution in [3.63, 3.8) is 0 Å². The first-order valence-electron chi connectivity index (χ1n) is 3.88. The van der Waals surface area contributed by atoms with Crippen molar-refractivity contribution in [3.8, 4) is 0 Å². The lowest BCUT2D eigenvalue weighted by Gasteiger charge is -2.10. The second kappa shape index (κ2) is 2.73. The quantitative estimate of drug-likeness (QED) is 0.630. The number of hydrogen-bond donors (Lipinski definition) is 0. The van der Waals surface area contributed by atoms with Gasteiger partial charge in [0.1, 0.15) is 12.0 Å². The SMILES string of the molecule is Cc1nc(C(C)(C)C=O)oc1C. The molecule has 0 saturated carbocycles. The molecule has 1 heterocycles. The summed E-state index contributed by atoms with van der Waals surface area (Å²) in [7, 11) is 0. The summed E-state index contributed by atoms with van der Waals surface area (Å²) in [6.07, 6.45) is 0.845. The highest BCUT2D eigenvalue weighted by Gasteiger charge is 2.26. The van der Waals surface area contributed by atoms with Crippen LogP contribution in [0.15, 0.2) is 4.42 Å². The number of aldehydes is 1. The average Bonchev–Trinajstić information content (AvgIpc) is 2.33. The zero-order valence-corrected chi connectivity index (χ0v) is 7.84. The Kier molecular flexibility index (Phi) is 2.04. The van der Waals surface area contributed by atoms with Crippen molar-refractivity contribution in [1.29, 1.82) is 0 Å². The number of oxazole rings is 1. The molecule has 1 aromatic heterocycles. The zero-order chi connectivity index (χ0) is 9.35. The van der Waals surface area contributed by atoms with Crippen molar-refractivity contribution in [2.24, 2.45) is 0 Å². The Balaban J connectivity index is 3.12. The molecule has 0 aliphatic rings. The maximum absolute atomic E-state index is 10.6. The van der Waals surface area contributed by atoms with Gasteiger partial charge < -0.3 is 9.21 Å². The van der Waals surface area contributed by atoms with Crippen LogP contribution in [0.3, 0.4) is 0 Å². The molecular weight excluding hydrogens is 154 g/mol. The summed E-state index contributed by atoms with van der Waals surface area (Å²) in [5, 5.41) is 0. The number of aromatic nitrogens is 1. The lowest BCUT2D eigenvalue weighted by molar-refractivity contribution is -0.112. The van der Waals surface area contributed by atoms with E-state index in [1.54, 1.807) is 13.8 Å². The molecule has 0 bridgehead atoms. The van der Waals surface area contributed by atoms with Gasteiger partial charge in [-0.25, -0.2) is 4.98 Å². The largest absolute Gasteiger partial charge is 0.445 e. The summed E-state index contributed by atoms with van der Waals surface area (Å²) in [6, 6.07) is 0. The molecule has 3 heteroatoms. The van der Waals surface area contributed by atoms with E-state index < -0.39 is 5.41 Å². The molecule has 3 nitrogen and oxygen atoms in total. The van der Waals surface area contributed by atoms with Gasteiger partial charge in [0.2, 0.25) is 5.89 Å². The van der Waals surface area contributed by atoms with E-state index in [9.17, 15) is 4.79 Å². The zero-order valence-electron chi connectivity index (χ0n) is 7.84. The molecule has 0 atom stereocenters. The minimum atomic E-state index is -0.612. The van der Waals surface area contributed by atoms with E-state index in [2.05, 4.69) is 4.98 Å². The fourth-order valence-electron chi connectivity index (χ4n) is 0.799. The molecule has 0 saturated heterocycles. The Labute approximate surface area is 71.8 Å². The molecule has 0 fully saturated rings. The highest BCUT2D eigenvalue weighted by atomic mass is 16.4. The molecule has 0 radical (unpaired) electrons. The second-order valence-electron chi connectivity index (χ2n) is 3.50. The first-order valence-corrected chi connectivity index (χ1v) is 3.88. The van der Waals surface area contributed by atoms with Crippen LogP contribution >= 0.6 is 0 Å². The summed E-state index contributed by atoms with van der Waals surface area (Å²) in [6.45, 7) is 7.27. The van der Waals surface area contributed by atoms with Gasteiger partial charge >= 0.3 is 0 Å². The third kappa shape index (κ3) is 1.40. The van der Waals surface area contributed by atoms with Gasteiger partial charge in [0.05, 0.1) is 11.1 Å². The Hall–Kier alpha value is -1.12. The van der Waals surface area contributed by atoms with Crippen molar-refractivity contribution in [2.75, 3.05) is 0 Å². The molecule has 1 rings (SSSR count). The molecule has 0 aliphatic heterocycles. The van der Waals surface area contributed by atoms with Crippen LogP contribution in [0.4, 0.5) is 0 Å². The topological polar surface area (TPSA) is 43.1 Å². The predicted octanol–water partition coefficient (Wildman–Crippen LogP) is 1.77. The van der Waals surface area contributed by atoms with Crippen LogP contribution in [0.25, 0.3) is 0 Å². The van der Waals surface area contributed by atoms with Crippen LogP contribution in [0.5, 0.6) is 0 Å². The van der Waals surface area contributed by atoms with Crippen LogP contribution < -0.4 is 0 Å². The van der Waals surface area contributed by atoms with Gasteiger partial charge in [-0.2, -0.15) is 0 Å². The molecule has 0 aromatic carbocycles. The highest BCUT2D eigenvalue weighted by molar-refractivity contribution is 5.64. The van der Waals surface area contributed by atoms with Gasteiger partial charge in [-0.3, -0.25) is 0 Å². The maximum Gasteiger partial charge on any atom is 0.207 e. The molecule has 0 aliphatic carbocycles. The molecule has 0 amide bonds. The minimum absolute atomic E-state index is 0.493. The van der Waals surface area contributed by atoms with E-state index in [1.165, 1.54) is 0 Å². The van der Waals surface area contributed by atoms with E-state index in [0.717, 1.165) is 17.7 Å². The lowest BCUT2D eigenvalue weighted by Crippen LogP contribution is -2.18. The summed E-state index contributed by atoms with van der Waals surface area (Å²) < 4.78 is 5.33. The minimum Gasteiger partial charge on any atom is -0.445 e. The summed E-state index contributed by atoms with van der Waals surface area (Å²) in [4.78, 5) is 14.8. The first kappa shape index (κ1) is 8.97. The van der Waals surface area contributed by atoms with Crippen molar-refractivity contribution in [2.45, 2.75) is 33.1 Å². The van der Waals surface area contributed by atoms with E-state index in [4.69, 9.17) is 4.42 Å². The average molecular weight is 167 g/mol. The van der Waals surface area contributed by atoms with Gasteiger partial charge in [0.25, 0.3) is 0 Å². The van der Waals surface area contributed by atoms with Crippen molar-refractivity contribution >= 4 is 6.29 Å². The summed E-state index contributed by atoms with van der Waals surface area (Å²) >= 11 is 0. The monoisotopic (exact) mass is 167 g/mol. The Morgan fingerprint density at radius 2 is 2.00 bits per heavy atom. The smallest absolute Gasteiger partial charge is 0.207 e. The van der Waals surface area contributed by atoms with Gasteiger partial charge in [-0.1, -0.05) is 0 Å². The van der Waals surface area contributed by atoms with Crippen LogP contribution in [0.1, 0.15) is 31.2 Å². The van der Waals surface area contributed by atoms with E-state index in [1.807, 2.05) is 13.8 Å². The van der Waals surface area contributed by atoms with Gasteiger partial charge in [-0.05, 0) is 27.7 Å². The normalized spacial score (nSPS) is 11.7. The molecule has 12 heavy (non-hydrogen) atoms. The molecule has 66 valence electrons. The fraction of sp³-hybridized carbons (Fsp3) is 0.556. The third-order valence-corrected chi connectivity index (χ3v) is 1.87. The van der Waals surface area contributed by atoms with Crippen molar-refractivity contribution in [1.82, 2.24) is 4.98 Å². The van der Waals surface area contributed by atoms with Gasteiger partial charge in [0, 0.05) is 0 Å². The number of hydrogen-bond acceptors (Lipinski definition) is 3. The van der Waals surface area contributed by atoms with Crippen molar-refractivity contribution < 1.29 is 9.21 Å². The van der Waals surface area contributed by atoms with Crippen LogP contribution in [-0.4, -0.2) is 11.3 Å². The Bertz CT molecular complexity index is 280. The molecule has 0 spiro atoms. The highest BCUT2D eigenvalue weighted by Crippen LogP contribution is 2.21. The lowest BCUT2D eigenvalue weighted by atomic mass is 9.96. The predicted molar refractivity (Wildman–Crippen MR) is 45.1 cm³/mol. The summed E-state index contributed by atoms with van der Waals surface area (Å²) in [5.41, 5.74) is 0.235. The number of carbonyl (C=O) groups excluding carboxylic acids is 1. The number of aryl methyl sites for hydroxylation is 2. The number of carbonyl (C=O) groups is 1. The molecule has 0 N–H and O–H groups in total. The first-order chi connectivity index (χ1) is 5.47. The van der Waals surface area contributed by atoms with Crippen LogP contribution in [0, 0.1) is 13.8 Å². The number of nitrogens with zero attached hydrogens (tertiary/aromatic N) is 1. The Morgan fingerprint density at radius 3 is 2.33 bits per heavy atom. The standard InChI is InChI=1S/C9H13NO2/c1-6-7(2)12-8(10-6)9(3,4)5-11/h5H,1-4H3. The van der Waals surface area contributed by atoms with E-state index >= 15 is 0 Å². The molecule has 1 aromatic rings. The second-order valence-corrected chi connectivity index (χ2v) is 3.50. The van der Waals surface area contributed by atoms with E-state index in [-0.39, 0.29) is 0 Å². The van der Waals surface area contributed by atoms with Crippen LogP contribution in [0.2, 0.25) is 0 Å². The van der Waals surface area contributed by atoms with E-state index in [0.29, 0.717) is 5.89 Å². The molecular formula is C9H13NO2. The number of rotatable bonds is 2.